The Bertz CT molecular complexity index is 651. The number of rotatable bonds is 5. The van der Waals surface area contributed by atoms with E-state index in [0.717, 1.165) is 43.3 Å². The average Bonchev–Trinajstić information content (AvgIpc) is 2.57. The van der Waals surface area contributed by atoms with Gasteiger partial charge in [-0.05, 0) is 37.6 Å². The van der Waals surface area contributed by atoms with Crippen molar-refractivity contribution in [2.24, 2.45) is 0 Å². The summed E-state index contributed by atoms with van der Waals surface area (Å²) in [5, 5.41) is 3.34. The van der Waals surface area contributed by atoms with E-state index >= 15 is 0 Å². The van der Waals surface area contributed by atoms with E-state index in [9.17, 15) is 4.39 Å². The second-order valence-corrected chi connectivity index (χ2v) is 6.07. The Hall–Kier alpha value is -2.05. The van der Waals surface area contributed by atoms with Gasteiger partial charge in [-0.1, -0.05) is 12.1 Å². The maximum atomic E-state index is 13.3. The normalized spacial score (nSPS) is 16.8. The van der Waals surface area contributed by atoms with Crippen LogP contribution < -0.4 is 5.32 Å². The summed E-state index contributed by atoms with van der Waals surface area (Å²) < 4.78 is 18.7. The molecule has 1 aromatic heterocycles. The largest absolute Gasteiger partial charge is 0.379 e. The molecule has 6 heteroatoms. The van der Waals surface area contributed by atoms with Crippen LogP contribution in [0.15, 0.2) is 30.3 Å². The Labute approximate surface area is 141 Å². The molecule has 3 rings (SSSR count). The van der Waals surface area contributed by atoms with Crippen molar-refractivity contribution in [3.63, 3.8) is 0 Å². The number of benzene rings is 1. The minimum atomic E-state index is -0.218. The van der Waals surface area contributed by atoms with Crippen LogP contribution in [0.4, 0.5) is 10.3 Å². The highest BCUT2D eigenvalue weighted by molar-refractivity contribution is 5.30. The third-order valence-electron chi connectivity index (χ3n) is 4.18. The van der Waals surface area contributed by atoms with Gasteiger partial charge in [-0.25, -0.2) is 14.4 Å². The second-order valence-electron chi connectivity index (χ2n) is 6.07. The van der Waals surface area contributed by atoms with Crippen molar-refractivity contribution >= 4 is 5.95 Å². The molecule has 1 atom stereocenters. The van der Waals surface area contributed by atoms with Crippen LogP contribution >= 0.6 is 0 Å². The van der Waals surface area contributed by atoms with Crippen LogP contribution in [0.5, 0.6) is 0 Å². The molecule has 0 radical (unpaired) electrons. The van der Waals surface area contributed by atoms with Gasteiger partial charge in [0.1, 0.15) is 5.82 Å². The minimum absolute atomic E-state index is 0.124. The molecular formula is C18H23FN4O. The van der Waals surface area contributed by atoms with E-state index in [1.54, 1.807) is 0 Å². The second kappa shape index (κ2) is 7.68. The highest BCUT2D eigenvalue weighted by Gasteiger charge is 2.23. The van der Waals surface area contributed by atoms with Gasteiger partial charge in [0.05, 0.1) is 19.3 Å². The summed E-state index contributed by atoms with van der Waals surface area (Å²) in [6.45, 7) is 7.73. The van der Waals surface area contributed by atoms with Gasteiger partial charge in [0, 0.05) is 31.0 Å². The van der Waals surface area contributed by atoms with Gasteiger partial charge in [-0.2, -0.15) is 0 Å². The summed E-state index contributed by atoms with van der Waals surface area (Å²) >= 11 is 0. The van der Waals surface area contributed by atoms with E-state index in [1.165, 1.54) is 12.1 Å². The number of hydrogen-bond acceptors (Lipinski definition) is 5. The zero-order valence-corrected chi connectivity index (χ0v) is 14.1. The fraction of sp³-hybridized carbons (Fsp3) is 0.444. The maximum Gasteiger partial charge on any atom is 0.223 e. The highest BCUT2D eigenvalue weighted by atomic mass is 19.1. The lowest BCUT2D eigenvalue weighted by atomic mass is 10.0. The molecule has 0 bridgehead atoms. The Morgan fingerprint density at radius 3 is 2.38 bits per heavy atom. The number of nitrogens with one attached hydrogen (secondary N) is 1. The van der Waals surface area contributed by atoms with E-state index in [0.29, 0.717) is 12.5 Å². The monoisotopic (exact) mass is 330 g/mol. The van der Waals surface area contributed by atoms with Crippen molar-refractivity contribution in [3.8, 4) is 0 Å². The van der Waals surface area contributed by atoms with E-state index in [1.807, 2.05) is 32.0 Å². The molecule has 0 amide bonds. The Kier molecular flexibility index (Phi) is 5.37. The molecule has 0 aliphatic carbocycles. The lowest BCUT2D eigenvalue weighted by Crippen LogP contribution is -2.41. The lowest BCUT2D eigenvalue weighted by molar-refractivity contribution is 0.0186. The number of aryl methyl sites for hydroxylation is 2. The van der Waals surface area contributed by atoms with Crippen molar-refractivity contribution in [2.75, 3.05) is 38.2 Å². The van der Waals surface area contributed by atoms with Gasteiger partial charge in [-0.3, -0.25) is 4.90 Å². The van der Waals surface area contributed by atoms with Gasteiger partial charge in [0.2, 0.25) is 5.95 Å². The minimum Gasteiger partial charge on any atom is -0.379 e. The first-order valence-electron chi connectivity index (χ1n) is 8.25. The fourth-order valence-corrected chi connectivity index (χ4v) is 3.02. The number of nitrogens with zero attached hydrogens (tertiary/aromatic N) is 3. The van der Waals surface area contributed by atoms with Gasteiger partial charge in [-0.15, -0.1) is 0 Å². The summed E-state index contributed by atoms with van der Waals surface area (Å²) in [6, 6.07) is 8.79. The zero-order chi connectivity index (χ0) is 16.9. The maximum absolute atomic E-state index is 13.3. The highest BCUT2D eigenvalue weighted by Crippen LogP contribution is 2.22. The number of hydrogen-bond donors (Lipinski definition) is 1. The molecule has 24 heavy (non-hydrogen) atoms. The number of morpholine rings is 1. The summed E-state index contributed by atoms with van der Waals surface area (Å²) in [7, 11) is 0. The van der Waals surface area contributed by atoms with Crippen LogP contribution in [0.2, 0.25) is 0 Å². The van der Waals surface area contributed by atoms with Crippen LogP contribution in [0.3, 0.4) is 0 Å². The van der Waals surface area contributed by atoms with Crippen molar-refractivity contribution in [1.82, 2.24) is 14.9 Å². The predicted octanol–water partition coefficient (Wildman–Crippen LogP) is 2.72. The molecule has 1 aliphatic rings. The summed E-state index contributed by atoms with van der Waals surface area (Å²) in [6.07, 6.45) is 0. The number of halogens is 1. The molecule has 0 spiro atoms. The van der Waals surface area contributed by atoms with E-state index in [-0.39, 0.29) is 11.9 Å². The number of aromatic nitrogens is 2. The van der Waals surface area contributed by atoms with Gasteiger partial charge in [0.25, 0.3) is 0 Å². The first kappa shape index (κ1) is 16.8. The molecule has 1 N–H and O–H groups in total. The smallest absolute Gasteiger partial charge is 0.223 e. The third kappa shape index (κ3) is 4.27. The molecule has 1 fully saturated rings. The standard InChI is InChI=1S/C18H23FN4O/c1-13-11-14(2)22-18(21-13)20-12-17(23-7-9-24-10-8-23)15-3-5-16(19)6-4-15/h3-6,11,17H,7-10,12H2,1-2H3,(H,20,21,22). The Balaban J connectivity index is 1.77. The molecular weight excluding hydrogens is 307 g/mol. The third-order valence-corrected chi connectivity index (χ3v) is 4.18. The Morgan fingerprint density at radius 1 is 1.12 bits per heavy atom. The molecule has 1 aromatic carbocycles. The molecule has 1 unspecified atom stereocenters. The van der Waals surface area contributed by atoms with Crippen molar-refractivity contribution in [1.29, 1.82) is 0 Å². The number of anilines is 1. The Morgan fingerprint density at radius 2 is 1.75 bits per heavy atom. The van der Waals surface area contributed by atoms with Gasteiger partial charge < -0.3 is 10.1 Å². The van der Waals surface area contributed by atoms with Crippen molar-refractivity contribution in [3.05, 3.63) is 53.1 Å². The summed E-state index contributed by atoms with van der Waals surface area (Å²) in [5.74, 6) is 0.415. The van der Waals surface area contributed by atoms with Crippen LogP contribution in [-0.4, -0.2) is 47.7 Å². The predicted molar refractivity (Wildman–Crippen MR) is 91.5 cm³/mol. The summed E-state index contributed by atoms with van der Waals surface area (Å²) in [4.78, 5) is 11.2. The zero-order valence-electron chi connectivity index (χ0n) is 14.1. The first-order valence-corrected chi connectivity index (χ1v) is 8.25. The fourth-order valence-electron chi connectivity index (χ4n) is 3.02. The number of ether oxygens (including phenoxy) is 1. The molecule has 0 saturated carbocycles. The van der Waals surface area contributed by atoms with E-state index < -0.39 is 0 Å². The van der Waals surface area contributed by atoms with E-state index in [4.69, 9.17) is 4.74 Å². The van der Waals surface area contributed by atoms with Crippen LogP contribution in [0.25, 0.3) is 0 Å². The van der Waals surface area contributed by atoms with Crippen molar-refractivity contribution in [2.45, 2.75) is 19.9 Å². The molecule has 5 nitrogen and oxygen atoms in total. The van der Waals surface area contributed by atoms with Crippen molar-refractivity contribution < 1.29 is 9.13 Å². The molecule has 1 aliphatic heterocycles. The summed E-state index contributed by atoms with van der Waals surface area (Å²) in [5.41, 5.74) is 2.96. The van der Waals surface area contributed by atoms with Gasteiger partial charge in [0.15, 0.2) is 0 Å². The lowest BCUT2D eigenvalue weighted by Gasteiger charge is -2.35. The SMILES string of the molecule is Cc1cc(C)nc(NCC(c2ccc(F)cc2)N2CCOCC2)n1. The molecule has 2 heterocycles. The first-order chi connectivity index (χ1) is 11.6. The topological polar surface area (TPSA) is 50.3 Å². The van der Waals surface area contributed by atoms with Crippen LogP contribution in [0, 0.1) is 19.7 Å². The molecule has 128 valence electrons. The average molecular weight is 330 g/mol. The molecule has 1 saturated heterocycles. The quantitative estimate of drug-likeness (QED) is 0.913. The van der Waals surface area contributed by atoms with E-state index in [2.05, 4.69) is 20.2 Å². The van der Waals surface area contributed by atoms with Crippen LogP contribution in [0.1, 0.15) is 23.0 Å². The molecule has 2 aromatic rings. The van der Waals surface area contributed by atoms with Gasteiger partial charge >= 0.3 is 0 Å². The van der Waals surface area contributed by atoms with Crippen LogP contribution in [-0.2, 0) is 4.74 Å².